The highest BCUT2D eigenvalue weighted by Crippen LogP contribution is 2.18. The van der Waals surface area contributed by atoms with Gasteiger partial charge in [-0.1, -0.05) is 49.4 Å². The zero-order valence-corrected chi connectivity index (χ0v) is 18.6. The van der Waals surface area contributed by atoms with E-state index >= 15 is 0 Å². The van der Waals surface area contributed by atoms with Crippen LogP contribution in [0.5, 0.6) is 5.75 Å². The Balaban J connectivity index is 1.86. The topological polar surface area (TPSA) is 71.8 Å². The van der Waals surface area contributed by atoms with Gasteiger partial charge in [0.05, 0.1) is 19.9 Å². The first kappa shape index (κ1) is 23.1. The molecule has 0 saturated carbocycles. The number of furan rings is 1. The van der Waals surface area contributed by atoms with Gasteiger partial charge in [0.15, 0.2) is 0 Å². The zero-order chi connectivity index (χ0) is 22.8. The molecule has 3 rings (SSSR count). The summed E-state index contributed by atoms with van der Waals surface area (Å²) in [4.78, 5) is 28.1. The smallest absolute Gasteiger partial charge is 0.243 e. The van der Waals surface area contributed by atoms with Crippen molar-refractivity contribution in [3.05, 3.63) is 89.9 Å². The first-order valence-electron chi connectivity index (χ1n) is 10.9. The van der Waals surface area contributed by atoms with Gasteiger partial charge in [-0.3, -0.25) is 9.59 Å². The summed E-state index contributed by atoms with van der Waals surface area (Å²) in [5.74, 6) is 1.16. The number of methoxy groups -OCH3 is 1. The Hall–Kier alpha value is -3.54. The van der Waals surface area contributed by atoms with E-state index in [1.165, 1.54) is 0 Å². The first-order valence-corrected chi connectivity index (χ1v) is 10.9. The van der Waals surface area contributed by atoms with Crippen LogP contribution in [0.1, 0.15) is 36.7 Å². The monoisotopic (exact) mass is 434 g/mol. The fraction of sp³-hybridized carbons (Fsp3) is 0.308. The van der Waals surface area contributed by atoms with Gasteiger partial charge in [-0.25, -0.2) is 0 Å². The number of nitrogens with zero attached hydrogens (tertiary/aromatic N) is 1. The molecule has 0 aliphatic heterocycles. The average molecular weight is 435 g/mol. The van der Waals surface area contributed by atoms with Crippen LogP contribution >= 0.6 is 0 Å². The van der Waals surface area contributed by atoms with E-state index in [9.17, 15) is 9.59 Å². The number of amides is 2. The number of hydrogen-bond donors (Lipinski definition) is 1. The van der Waals surface area contributed by atoms with Crippen LogP contribution in [-0.2, 0) is 29.1 Å². The van der Waals surface area contributed by atoms with Gasteiger partial charge in [-0.2, -0.15) is 0 Å². The number of hydrogen-bond acceptors (Lipinski definition) is 4. The largest absolute Gasteiger partial charge is 0.497 e. The zero-order valence-electron chi connectivity index (χ0n) is 18.6. The van der Waals surface area contributed by atoms with Crippen LogP contribution in [0.25, 0.3) is 0 Å². The molecule has 0 fully saturated rings. The molecule has 2 aromatic carbocycles. The molecule has 1 aromatic heterocycles. The summed E-state index contributed by atoms with van der Waals surface area (Å²) < 4.78 is 10.6. The van der Waals surface area contributed by atoms with Crippen molar-refractivity contribution in [2.75, 3.05) is 7.11 Å². The maximum Gasteiger partial charge on any atom is 0.243 e. The normalized spacial score (nSPS) is 11.6. The summed E-state index contributed by atoms with van der Waals surface area (Å²) in [6.45, 7) is 2.58. The molecule has 32 heavy (non-hydrogen) atoms. The van der Waals surface area contributed by atoms with Crippen molar-refractivity contribution >= 4 is 11.8 Å². The van der Waals surface area contributed by atoms with E-state index in [0.717, 1.165) is 16.9 Å². The minimum absolute atomic E-state index is 0.0441. The number of ether oxygens (including phenoxy) is 1. The summed E-state index contributed by atoms with van der Waals surface area (Å²) >= 11 is 0. The average Bonchev–Trinajstić information content (AvgIpc) is 3.35. The van der Waals surface area contributed by atoms with Crippen LogP contribution in [0.15, 0.2) is 77.4 Å². The van der Waals surface area contributed by atoms with Crippen LogP contribution in [-0.4, -0.2) is 29.9 Å². The lowest BCUT2D eigenvalue weighted by molar-refractivity contribution is -0.141. The van der Waals surface area contributed by atoms with E-state index in [0.29, 0.717) is 31.6 Å². The standard InChI is InChI=1S/C26H30N2O4/c1-3-8-25(29)28(19-21-12-14-22(31-2)15-13-21)24(17-20-9-5-4-6-10-20)26(30)27-18-23-11-7-16-32-23/h4-7,9-16,24H,3,8,17-19H2,1-2H3,(H,27,30). The Morgan fingerprint density at radius 3 is 2.38 bits per heavy atom. The van der Waals surface area contributed by atoms with Crippen molar-refractivity contribution < 1.29 is 18.7 Å². The Morgan fingerprint density at radius 2 is 1.75 bits per heavy atom. The lowest BCUT2D eigenvalue weighted by atomic mass is 10.0. The van der Waals surface area contributed by atoms with Crippen LogP contribution in [0.3, 0.4) is 0 Å². The molecule has 1 heterocycles. The third kappa shape index (κ3) is 6.48. The fourth-order valence-corrected chi connectivity index (χ4v) is 3.54. The Labute approximate surface area is 189 Å². The van der Waals surface area contributed by atoms with Gasteiger partial charge in [0.25, 0.3) is 0 Å². The molecular formula is C26H30N2O4. The van der Waals surface area contributed by atoms with Gasteiger partial charge in [-0.15, -0.1) is 0 Å². The number of benzene rings is 2. The van der Waals surface area contributed by atoms with Gasteiger partial charge in [0, 0.05) is 19.4 Å². The lowest BCUT2D eigenvalue weighted by Gasteiger charge is -2.31. The summed E-state index contributed by atoms with van der Waals surface area (Å²) in [5, 5.41) is 2.94. The molecule has 0 spiro atoms. The van der Waals surface area contributed by atoms with Crippen LogP contribution in [0, 0.1) is 0 Å². The molecule has 6 heteroatoms. The lowest BCUT2D eigenvalue weighted by Crippen LogP contribution is -2.50. The van der Waals surface area contributed by atoms with Gasteiger partial charge in [0.1, 0.15) is 17.6 Å². The molecule has 0 aliphatic rings. The van der Waals surface area contributed by atoms with E-state index < -0.39 is 6.04 Å². The van der Waals surface area contributed by atoms with Crippen molar-refractivity contribution in [3.63, 3.8) is 0 Å². The Kier molecular flexibility index (Phi) is 8.49. The second-order valence-electron chi connectivity index (χ2n) is 7.62. The van der Waals surface area contributed by atoms with Gasteiger partial charge < -0.3 is 19.4 Å². The van der Waals surface area contributed by atoms with Crippen molar-refractivity contribution in [1.82, 2.24) is 10.2 Å². The first-order chi connectivity index (χ1) is 15.6. The molecular weight excluding hydrogens is 404 g/mol. The van der Waals surface area contributed by atoms with E-state index in [-0.39, 0.29) is 18.4 Å². The third-order valence-electron chi connectivity index (χ3n) is 5.26. The van der Waals surface area contributed by atoms with Crippen LogP contribution < -0.4 is 10.1 Å². The summed E-state index contributed by atoms with van der Waals surface area (Å²) in [5.41, 5.74) is 1.93. The summed E-state index contributed by atoms with van der Waals surface area (Å²) in [7, 11) is 1.62. The molecule has 1 N–H and O–H groups in total. The molecule has 3 aromatic rings. The number of nitrogens with one attached hydrogen (secondary N) is 1. The van der Waals surface area contributed by atoms with E-state index in [2.05, 4.69) is 5.32 Å². The quantitative estimate of drug-likeness (QED) is 0.487. The second-order valence-corrected chi connectivity index (χ2v) is 7.62. The van der Waals surface area contributed by atoms with Crippen molar-refractivity contribution in [3.8, 4) is 5.75 Å². The van der Waals surface area contributed by atoms with Crippen molar-refractivity contribution in [2.24, 2.45) is 0 Å². The molecule has 0 bridgehead atoms. The fourth-order valence-electron chi connectivity index (χ4n) is 3.54. The van der Waals surface area contributed by atoms with E-state index in [1.807, 2.05) is 67.6 Å². The van der Waals surface area contributed by atoms with Gasteiger partial charge >= 0.3 is 0 Å². The molecule has 1 atom stereocenters. The maximum atomic E-state index is 13.3. The molecule has 6 nitrogen and oxygen atoms in total. The number of carbonyl (C=O) groups is 2. The highest BCUT2D eigenvalue weighted by Gasteiger charge is 2.30. The third-order valence-corrected chi connectivity index (χ3v) is 5.26. The molecule has 0 saturated heterocycles. The van der Waals surface area contributed by atoms with Crippen LogP contribution in [0.2, 0.25) is 0 Å². The van der Waals surface area contributed by atoms with Crippen LogP contribution in [0.4, 0.5) is 0 Å². The van der Waals surface area contributed by atoms with Crippen molar-refractivity contribution in [2.45, 2.75) is 45.3 Å². The molecule has 1 unspecified atom stereocenters. The molecule has 0 radical (unpaired) electrons. The Morgan fingerprint density at radius 1 is 1.00 bits per heavy atom. The van der Waals surface area contributed by atoms with Gasteiger partial charge in [-0.05, 0) is 41.8 Å². The molecule has 168 valence electrons. The van der Waals surface area contributed by atoms with Gasteiger partial charge in [0.2, 0.25) is 11.8 Å². The predicted molar refractivity (Wildman–Crippen MR) is 123 cm³/mol. The highest BCUT2D eigenvalue weighted by atomic mass is 16.5. The SMILES string of the molecule is CCCC(=O)N(Cc1ccc(OC)cc1)C(Cc1ccccc1)C(=O)NCc1ccco1. The minimum Gasteiger partial charge on any atom is -0.497 e. The summed E-state index contributed by atoms with van der Waals surface area (Å²) in [6, 6.07) is 20.3. The van der Waals surface area contributed by atoms with E-state index in [4.69, 9.17) is 9.15 Å². The molecule has 0 aliphatic carbocycles. The Bertz CT molecular complexity index is 969. The molecule has 2 amide bonds. The number of carbonyl (C=O) groups excluding carboxylic acids is 2. The highest BCUT2D eigenvalue weighted by molar-refractivity contribution is 5.88. The number of rotatable bonds is 11. The maximum absolute atomic E-state index is 13.3. The minimum atomic E-state index is -0.645. The summed E-state index contributed by atoms with van der Waals surface area (Å²) in [6.07, 6.45) is 3.09. The second kappa shape index (κ2) is 11.7. The predicted octanol–water partition coefficient (Wildman–Crippen LogP) is 4.34. The van der Waals surface area contributed by atoms with E-state index in [1.54, 1.807) is 24.3 Å². The van der Waals surface area contributed by atoms with Crippen molar-refractivity contribution in [1.29, 1.82) is 0 Å².